The molecule has 1 aromatic rings. The minimum Gasteiger partial charge on any atom is -0.338 e. The maximum atomic E-state index is 12.9. The molecular weight excluding hydrogens is 420 g/mol. The van der Waals surface area contributed by atoms with E-state index in [4.69, 9.17) is 11.6 Å². The van der Waals surface area contributed by atoms with Gasteiger partial charge in [-0.1, -0.05) is 31.5 Å². The molecule has 4 nitrogen and oxygen atoms in total. The first-order chi connectivity index (χ1) is 15.2. The van der Waals surface area contributed by atoms with Crippen LogP contribution in [0.2, 0.25) is 5.02 Å². The monoisotopic (exact) mass is 454 g/mol. The smallest absolute Gasteiger partial charge is 0.246 e. The Morgan fingerprint density at radius 1 is 1.09 bits per heavy atom. The molecule has 172 valence electrons. The minimum atomic E-state index is 0.0803. The summed E-state index contributed by atoms with van der Waals surface area (Å²) in [7, 11) is 1.98. The summed E-state index contributed by atoms with van der Waals surface area (Å²) < 4.78 is 0. The second-order valence-electron chi connectivity index (χ2n) is 11.2. The third-order valence-electron chi connectivity index (χ3n) is 9.88. The topological polar surface area (TPSA) is 49.4 Å². The highest BCUT2D eigenvalue weighted by Crippen LogP contribution is 2.65. The molecule has 1 aliphatic heterocycles. The molecule has 32 heavy (non-hydrogen) atoms. The van der Waals surface area contributed by atoms with Gasteiger partial charge in [0.15, 0.2) is 0 Å². The largest absolute Gasteiger partial charge is 0.338 e. The van der Waals surface area contributed by atoms with Crippen molar-refractivity contribution >= 4 is 29.1 Å². The maximum absolute atomic E-state index is 12.9. The third-order valence-corrected chi connectivity index (χ3v) is 10.1. The highest BCUT2D eigenvalue weighted by Gasteiger charge is 2.60. The molecule has 0 bridgehead atoms. The Balaban J connectivity index is 1.31. The number of anilines is 1. The summed E-state index contributed by atoms with van der Waals surface area (Å²) in [5.41, 5.74) is 1.13. The summed E-state index contributed by atoms with van der Waals surface area (Å²) in [6, 6.07) is 7.68. The fourth-order valence-corrected chi connectivity index (χ4v) is 8.28. The molecule has 4 aliphatic rings. The number of halogens is 1. The Morgan fingerprint density at radius 2 is 1.84 bits per heavy atom. The lowest BCUT2D eigenvalue weighted by molar-refractivity contribution is -0.139. The molecule has 3 aliphatic carbocycles. The van der Waals surface area contributed by atoms with Crippen molar-refractivity contribution in [3.8, 4) is 0 Å². The molecule has 3 saturated carbocycles. The molecule has 3 fully saturated rings. The van der Waals surface area contributed by atoms with Gasteiger partial charge in [-0.3, -0.25) is 9.59 Å². The Kier molecular flexibility index (Phi) is 5.43. The first kappa shape index (κ1) is 22.0. The van der Waals surface area contributed by atoms with Crippen LogP contribution in [-0.4, -0.2) is 29.8 Å². The van der Waals surface area contributed by atoms with Crippen molar-refractivity contribution in [2.75, 3.05) is 12.4 Å². The van der Waals surface area contributed by atoms with Gasteiger partial charge in [-0.15, -0.1) is 0 Å². The SMILES string of the molecule is CN1C(=O)C=C[C@]2(C)C3CC[C@@]4(C)C(CC[C@@H]4CC(=O)Nc4ccc(Cl)cc4)C3CC[C@@H]12. The molecule has 1 N–H and O–H groups in total. The van der Waals surface area contributed by atoms with Gasteiger partial charge in [0.1, 0.15) is 0 Å². The lowest BCUT2D eigenvalue weighted by atomic mass is 9.47. The van der Waals surface area contributed by atoms with Crippen LogP contribution in [0.3, 0.4) is 0 Å². The van der Waals surface area contributed by atoms with Crippen molar-refractivity contribution in [2.24, 2.45) is 34.5 Å². The highest BCUT2D eigenvalue weighted by atomic mass is 35.5. The molecule has 1 heterocycles. The molecule has 0 aromatic heterocycles. The summed E-state index contributed by atoms with van der Waals surface area (Å²) in [6.07, 6.45) is 11.7. The van der Waals surface area contributed by atoms with E-state index in [0.29, 0.717) is 41.2 Å². The standard InChI is InChI=1S/C27H35ClN2O2/c1-26-14-12-22-20(9-11-23-27(22,2)15-13-25(32)30(23)3)21(26)10-4-17(26)16-24(31)29-19-7-5-18(28)6-8-19/h5-8,13,15,17,20-23H,4,9-12,14,16H2,1-3H3,(H,29,31)/t17-,20?,21?,22?,23-,26-,27-/m1/s1. The number of benzene rings is 1. The Labute approximate surface area is 196 Å². The first-order valence-electron chi connectivity index (χ1n) is 12.2. The molecule has 0 spiro atoms. The van der Waals surface area contributed by atoms with Gasteiger partial charge in [0, 0.05) is 35.6 Å². The second kappa shape index (κ2) is 7.90. The molecule has 5 rings (SSSR count). The van der Waals surface area contributed by atoms with Crippen LogP contribution in [0.4, 0.5) is 5.69 Å². The zero-order valence-corrected chi connectivity index (χ0v) is 20.2. The van der Waals surface area contributed by atoms with Crippen LogP contribution in [-0.2, 0) is 9.59 Å². The number of fused-ring (bicyclic) bond motifs is 5. The summed E-state index contributed by atoms with van der Waals surface area (Å²) in [5.74, 6) is 2.73. The highest BCUT2D eigenvalue weighted by molar-refractivity contribution is 6.30. The number of amides is 2. The van der Waals surface area contributed by atoms with Crippen molar-refractivity contribution in [3.63, 3.8) is 0 Å². The average Bonchev–Trinajstić information content (AvgIpc) is 3.09. The molecule has 0 saturated heterocycles. The quantitative estimate of drug-likeness (QED) is 0.615. The Morgan fingerprint density at radius 3 is 2.59 bits per heavy atom. The van der Waals surface area contributed by atoms with Crippen LogP contribution >= 0.6 is 11.6 Å². The fourth-order valence-electron chi connectivity index (χ4n) is 8.15. The number of carbonyl (C=O) groups excluding carboxylic acids is 2. The number of hydrogen-bond donors (Lipinski definition) is 1. The minimum absolute atomic E-state index is 0.0803. The number of likely N-dealkylation sites (N-methyl/N-ethyl adjacent to an activating group) is 1. The van der Waals surface area contributed by atoms with Crippen LogP contribution < -0.4 is 5.32 Å². The third kappa shape index (κ3) is 3.41. The summed E-state index contributed by atoms with van der Waals surface area (Å²) in [5, 5.41) is 3.75. The lowest BCUT2D eigenvalue weighted by Gasteiger charge is -2.60. The van der Waals surface area contributed by atoms with Gasteiger partial charge in [-0.25, -0.2) is 0 Å². The number of nitrogens with zero attached hydrogens (tertiary/aromatic N) is 1. The van der Waals surface area contributed by atoms with Gasteiger partial charge in [-0.2, -0.15) is 0 Å². The molecular formula is C27H35ClN2O2. The molecule has 3 unspecified atom stereocenters. The first-order valence-corrected chi connectivity index (χ1v) is 12.6. The summed E-state index contributed by atoms with van der Waals surface area (Å²) >= 11 is 5.97. The van der Waals surface area contributed by atoms with Crippen LogP contribution in [0.5, 0.6) is 0 Å². The van der Waals surface area contributed by atoms with Crippen molar-refractivity contribution in [1.29, 1.82) is 0 Å². The summed E-state index contributed by atoms with van der Waals surface area (Å²) in [6.45, 7) is 4.85. The van der Waals surface area contributed by atoms with Crippen molar-refractivity contribution in [2.45, 2.75) is 64.8 Å². The van der Waals surface area contributed by atoms with E-state index in [9.17, 15) is 9.59 Å². The van der Waals surface area contributed by atoms with Gasteiger partial charge in [0.05, 0.1) is 0 Å². The number of rotatable bonds is 3. The predicted molar refractivity (Wildman–Crippen MR) is 128 cm³/mol. The maximum Gasteiger partial charge on any atom is 0.246 e. The molecule has 7 atom stereocenters. The van der Waals surface area contributed by atoms with Gasteiger partial charge < -0.3 is 10.2 Å². The van der Waals surface area contributed by atoms with Crippen LogP contribution in [0.25, 0.3) is 0 Å². The Bertz CT molecular complexity index is 943. The van der Waals surface area contributed by atoms with Gasteiger partial charge >= 0.3 is 0 Å². The van der Waals surface area contributed by atoms with Crippen LogP contribution in [0, 0.1) is 34.5 Å². The van der Waals surface area contributed by atoms with E-state index in [1.165, 1.54) is 25.7 Å². The van der Waals surface area contributed by atoms with Gasteiger partial charge in [0.25, 0.3) is 0 Å². The van der Waals surface area contributed by atoms with Crippen molar-refractivity contribution < 1.29 is 9.59 Å². The number of hydrogen-bond acceptors (Lipinski definition) is 2. The number of nitrogens with one attached hydrogen (secondary N) is 1. The summed E-state index contributed by atoms with van der Waals surface area (Å²) in [4.78, 5) is 27.1. The van der Waals surface area contributed by atoms with E-state index in [1.807, 2.05) is 42.3 Å². The molecule has 2 amide bonds. The van der Waals surface area contributed by atoms with Crippen LogP contribution in [0.1, 0.15) is 58.8 Å². The van der Waals surface area contributed by atoms with Crippen molar-refractivity contribution in [1.82, 2.24) is 4.90 Å². The average molecular weight is 455 g/mol. The van der Waals surface area contributed by atoms with Crippen LogP contribution in [0.15, 0.2) is 36.4 Å². The van der Waals surface area contributed by atoms with E-state index < -0.39 is 0 Å². The second-order valence-corrected chi connectivity index (χ2v) is 11.6. The number of carbonyl (C=O) groups is 2. The molecule has 0 radical (unpaired) electrons. The predicted octanol–water partition coefficient (Wildman–Crippen LogP) is 5.92. The Hall–Kier alpha value is -1.81. The van der Waals surface area contributed by atoms with Crippen molar-refractivity contribution in [3.05, 3.63) is 41.4 Å². The zero-order valence-electron chi connectivity index (χ0n) is 19.4. The van der Waals surface area contributed by atoms with E-state index in [0.717, 1.165) is 18.5 Å². The zero-order chi connectivity index (χ0) is 22.7. The van der Waals surface area contributed by atoms with E-state index in [-0.39, 0.29) is 22.6 Å². The molecule has 5 heteroatoms. The van der Waals surface area contributed by atoms with Gasteiger partial charge in [0.2, 0.25) is 11.8 Å². The van der Waals surface area contributed by atoms with Gasteiger partial charge in [-0.05, 0) is 98.0 Å². The fraction of sp³-hybridized carbons (Fsp3) is 0.630. The normalized spacial score (nSPS) is 40.4. The van der Waals surface area contributed by atoms with E-state index >= 15 is 0 Å². The molecule has 1 aromatic carbocycles. The lowest BCUT2D eigenvalue weighted by Crippen LogP contribution is -2.59. The van der Waals surface area contributed by atoms with E-state index in [1.54, 1.807) is 0 Å². The van der Waals surface area contributed by atoms with E-state index in [2.05, 4.69) is 25.2 Å².